The van der Waals surface area contributed by atoms with Crippen LogP contribution < -0.4 is 11.1 Å². The predicted octanol–water partition coefficient (Wildman–Crippen LogP) is 3.18. The third kappa shape index (κ3) is 5.29. The van der Waals surface area contributed by atoms with Gasteiger partial charge in [-0.2, -0.15) is 4.98 Å². The summed E-state index contributed by atoms with van der Waals surface area (Å²) in [5.41, 5.74) is 5.52. The fourth-order valence-corrected chi connectivity index (χ4v) is 3.04. The Balaban J connectivity index is 0.00000288. The summed E-state index contributed by atoms with van der Waals surface area (Å²) in [6.45, 7) is 4.54. The first-order valence-electron chi connectivity index (χ1n) is 8.00. The van der Waals surface area contributed by atoms with Crippen LogP contribution in [0.15, 0.2) is 22.0 Å². The molecule has 134 valence electrons. The number of nitrogens with one attached hydrogen (secondary N) is 1. The van der Waals surface area contributed by atoms with E-state index in [-0.39, 0.29) is 23.9 Å². The number of rotatable bonds is 9. The number of nitrogens with zero attached hydrogens (tertiary/aromatic N) is 2. The maximum absolute atomic E-state index is 12.1. The molecule has 2 heterocycles. The zero-order valence-corrected chi connectivity index (χ0v) is 15.7. The highest BCUT2D eigenvalue weighted by Gasteiger charge is 2.25. The molecule has 0 radical (unpaired) electrons. The van der Waals surface area contributed by atoms with Gasteiger partial charge in [0.1, 0.15) is 0 Å². The summed E-state index contributed by atoms with van der Waals surface area (Å²) in [7, 11) is 0. The number of nitrogens with two attached hydrogens (primary N) is 1. The first kappa shape index (κ1) is 20.6. The number of thiophene rings is 1. The molecule has 6 nitrogen and oxygen atoms in total. The van der Waals surface area contributed by atoms with Crippen molar-refractivity contribution in [2.75, 3.05) is 6.54 Å². The van der Waals surface area contributed by atoms with Crippen LogP contribution >= 0.6 is 23.7 Å². The van der Waals surface area contributed by atoms with E-state index in [1.807, 2.05) is 31.4 Å². The third-order valence-electron chi connectivity index (χ3n) is 4.15. The van der Waals surface area contributed by atoms with Crippen molar-refractivity contribution >= 4 is 29.7 Å². The summed E-state index contributed by atoms with van der Waals surface area (Å²) in [6.07, 6.45) is 3.36. The van der Waals surface area contributed by atoms with E-state index in [2.05, 4.69) is 15.5 Å². The van der Waals surface area contributed by atoms with Crippen molar-refractivity contribution in [2.45, 2.75) is 51.5 Å². The average molecular weight is 373 g/mol. The van der Waals surface area contributed by atoms with Crippen LogP contribution in [0.2, 0.25) is 0 Å². The molecule has 0 aliphatic carbocycles. The maximum atomic E-state index is 12.1. The summed E-state index contributed by atoms with van der Waals surface area (Å²) in [4.78, 5) is 17.4. The normalized spacial score (nSPS) is 11.1. The fraction of sp³-hybridized carbons (Fsp3) is 0.562. The predicted molar refractivity (Wildman–Crippen MR) is 98.3 cm³/mol. The third-order valence-corrected chi connectivity index (χ3v) is 5.02. The van der Waals surface area contributed by atoms with E-state index in [0.717, 1.165) is 17.7 Å². The number of aromatic nitrogens is 2. The van der Waals surface area contributed by atoms with Gasteiger partial charge in [0, 0.05) is 19.4 Å². The molecule has 0 saturated carbocycles. The molecule has 3 N–H and O–H groups in total. The standard InChI is InChI=1S/C16H24N4O2S.ClH/c1-3-16(4-2,11-17)19-13(21)8-5-9-14-18-15(20-22-14)12-7-6-10-23-12;/h6-7,10H,3-5,8-9,11,17H2,1-2H3,(H,19,21);1H. The highest BCUT2D eigenvalue weighted by molar-refractivity contribution is 7.13. The minimum atomic E-state index is -0.284. The van der Waals surface area contributed by atoms with Gasteiger partial charge in [0.25, 0.3) is 0 Å². The highest BCUT2D eigenvalue weighted by atomic mass is 35.5. The van der Waals surface area contributed by atoms with Crippen LogP contribution in [0, 0.1) is 0 Å². The zero-order chi connectivity index (χ0) is 16.7. The number of hydrogen-bond acceptors (Lipinski definition) is 6. The minimum absolute atomic E-state index is 0. The Bertz CT molecular complexity index is 603. The van der Waals surface area contributed by atoms with Crippen molar-refractivity contribution in [3.05, 3.63) is 23.4 Å². The number of carbonyl (C=O) groups excluding carboxylic acids is 1. The van der Waals surface area contributed by atoms with Gasteiger partial charge >= 0.3 is 0 Å². The van der Waals surface area contributed by atoms with Gasteiger partial charge in [-0.3, -0.25) is 4.79 Å². The summed E-state index contributed by atoms with van der Waals surface area (Å²) in [5.74, 6) is 1.20. The SMILES string of the molecule is CCC(CC)(CN)NC(=O)CCCc1nc(-c2cccs2)no1.Cl. The second-order valence-electron chi connectivity index (χ2n) is 5.58. The summed E-state index contributed by atoms with van der Waals surface area (Å²) < 4.78 is 5.23. The molecule has 0 bridgehead atoms. The maximum Gasteiger partial charge on any atom is 0.226 e. The number of halogens is 1. The largest absolute Gasteiger partial charge is 0.349 e. The Morgan fingerprint density at radius 3 is 2.75 bits per heavy atom. The van der Waals surface area contributed by atoms with Crippen molar-refractivity contribution in [1.29, 1.82) is 0 Å². The van der Waals surface area contributed by atoms with E-state index < -0.39 is 0 Å². The van der Waals surface area contributed by atoms with Gasteiger partial charge in [0.15, 0.2) is 0 Å². The molecular formula is C16H25ClN4O2S. The summed E-state index contributed by atoms with van der Waals surface area (Å²) in [6, 6.07) is 3.90. The van der Waals surface area contributed by atoms with Crippen LogP contribution in [0.4, 0.5) is 0 Å². The average Bonchev–Trinajstić information content (AvgIpc) is 3.24. The number of hydrogen-bond donors (Lipinski definition) is 2. The van der Waals surface area contributed by atoms with E-state index in [1.165, 1.54) is 0 Å². The molecule has 0 atom stereocenters. The lowest BCUT2D eigenvalue weighted by Crippen LogP contribution is -2.52. The van der Waals surface area contributed by atoms with Gasteiger partial charge in [-0.15, -0.1) is 23.7 Å². The van der Waals surface area contributed by atoms with Crippen LogP contribution in [0.1, 0.15) is 45.4 Å². The van der Waals surface area contributed by atoms with Crippen molar-refractivity contribution in [3.8, 4) is 10.7 Å². The molecule has 0 spiro atoms. The molecule has 1 amide bonds. The van der Waals surface area contributed by atoms with E-state index in [9.17, 15) is 4.79 Å². The van der Waals surface area contributed by atoms with Crippen molar-refractivity contribution in [2.24, 2.45) is 5.73 Å². The van der Waals surface area contributed by atoms with Crippen molar-refractivity contribution in [3.63, 3.8) is 0 Å². The molecule has 0 aliphatic heterocycles. The first-order valence-corrected chi connectivity index (χ1v) is 8.88. The van der Waals surface area contributed by atoms with Crippen LogP contribution in [0.3, 0.4) is 0 Å². The van der Waals surface area contributed by atoms with Gasteiger partial charge in [-0.25, -0.2) is 0 Å². The lowest BCUT2D eigenvalue weighted by Gasteiger charge is -2.31. The highest BCUT2D eigenvalue weighted by Crippen LogP contribution is 2.21. The minimum Gasteiger partial charge on any atom is -0.349 e. The molecule has 0 aromatic carbocycles. The Morgan fingerprint density at radius 1 is 1.42 bits per heavy atom. The van der Waals surface area contributed by atoms with Gasteiger partial charge in [0.2, 0.25) is 17.6 Å². The van der Waals surface area contributed by atoms with E-state index in [4.69, 9.17) is 10.3 Å². The van der Waals surface area contributed by atoms with Gasteiger partial charge in [-0.05, 0) is 30.7 Å². The van der Waals surface area contributed by atoms with E-state index in [0.29, 0.717) is 37.5 Å². The monoisotopic (exact) mass is 372 g/mol. The van der Waals surface area contributed by atoms with Crippen LogP contribution in [0.5, 0.6) is 0 Å². The van der Waals surface area contributed by atoms with Crippen LogP contribution in [-0.2, 0) is 11.2 Å². The van der Waals surface area contributed by atoms with E-state index in [1.54, 1.807) is 11.3 Å². The first-order chi connectivity index (χ1) is 11.1. The molecule has 2 aromatic rings. The molecule has 0 saturated heterocycles. The molecule has 24 heavy (non-hydrogen) atoms. The zero-order valence-electron chi connectivity index (χ0n) is 14.1. The summed E-state index contributed by atoms with van der Waals surface area (Å²) >= 11 is 1.57. The second kappa shape index (κ2) is 9.76. The molecule has 0 aliphatic rings. The molecule has 2 rings (SSSR count). The lowest BCUT2D eigenvalue weighted by atomic mass is 9.92. The number of aryl methyl sites for hydroxylation is 1. The van der Waals surface area contributed by atoms with Gasteiger partial charge < -0.3 is 15.6 Å². The van der Waals surface area contributed by atoms with Gasteiger partial charge in [-0.1, -0.05) is 25.1 Å². The quantitative estimate of drug-likeness (QED) is 0.705. The Hall–Kier alpha value is -1.44. The lowest BCUT2D eigenvalue weighted by molar-refractivity contribution is -0.123. The Labute approximate surface area is 152 Å². The topological polar surface area (TPSA) is 94.0 Å². The van der Waals surface area contributed by atoms with Gasteiger partial charge in [0.05, 0.1) is 10.4 Å². The molecule has 2 aromatic heterocycles. The molecule has 0 unspecified atom stereocenters. The number of amides is 1. The number of carbonyl (C=O) groups is 1. The van der Waals surface area contributed by atoms with Crippen LogP contribution in [-0.4, -0.2) is 28.1 Å². The van der Waals surface area contributed by atoms with Crippen molar-refractivity contribution in [1.82, 2.24) is 15.5 Å². The molecule has 8 heteroatoms. The fourth-order valence-electron chi connectivity index (χ4n) is 2.39. The Morgan fingerprint density at radius 2 is 2.17 bits per heavy atom. The van der Waals surface area contributed by atoms with Crippen LogP contribution in [0.25, 0.3) is 10.7 Å². The smallest absolute Gasteiger partial charge is 0.226 e. The molecule has 0 fully saturated rings. The Kier molecular flexibility index (Phi) is 8.38. The molecular weight excluding hydrogens is 348 g/mol. The van der Waals surface area contributed by atoms with E-state index >= 15 is 0 Å². The summed E-state index contributed by atoms with van der Waals surface area (Å²) in [5, 5.41) is 9.00. The second-order valence-corrected chi connectivity index (χ2v) is 6.53. The van der Waals surface area contributed by atoms with Crippen molar-refractivity contribution < 1.29 is 9.32 Å².